The number of amides is 2. The Labute approximate surface area is 206 Å². The van der Waals surface area contributed by atoms with E-state index < -0.39 is 0 Å². The predicted octanol–water partition coefficient (Wildman–Crippen LogP) is 4.56. The second-order valence-corrected chi connectivity index (χ2v) is 9.62. The lowest BCUT2D eigenvalue weighted by Crippen LogP contribution is -2.44. The van der Waals surface area contributed by atoms with Crippen molar-refractivity contribution in [3.8, 4) is 11.1 Å². The summed E-state index contributed by atoms with van der Waals surface area (Å²) in [6.45, 7) is 5.93. The van der Waals surface area contributed by atoms with Gasteiger partial charge in [0.1, 0.15) is 0 Å². The molecule has 180 valence electrons. The number of rotatable bonds is 6. The summed E-state index contributed by atoms with van der Waals surface area (Å²) in [4.78, 5) is 30.2. The normalized spacial score (nSPS) is 16.1. The molecule has 0 radical (unpaired) electrons. The molecule has 35 heavy (non-hydrogen) atoms. The summed E-state index contributed by atoms with van der Waals surface area (Å²) in [5.74, 6) is -0.156. The molecule has 2 N–H and O–H groups in total. The third-order valence-electron chi connectivity index (χ3n) is 6.87. The molecule has 2 amide bonds. The predicted molar refractivity (Wildman–Crippen MR) is 141 cm³/mol. The van der Waals surface area contributed by atoms with Crippen molar-refractivity contribution < 1.29 is 9.59 Å². The van der Waals surface area contributed by atoms with Crippen LogP contribution >= 0.6 is 0 Å². The van der Waals surface area contributed by atoms with Crippen LogP contribution in [0.25, 0.3) is 11.1 Å². The molecular formula is C29H32N4O2. The van der Waals surface area contributed by atoms with Crippen molar-refractivity contribution >= 4 is 23.2 Å². The second-order valence-electron chi connectivity index (χ2n) is 9.62. The number of carbonyl (C=O) groups excluding carboxylic acids is 2. The van der Waals surface area contributed by atoms with Crippen molar-refractivity contribution in [2.24, 2.45) is 0 Å². The quantitative estimate of drug-likeness (QED) is 0.557. The number of hydrogen-bond donors (Lipinski definition) is 2. The van der Waals surface area contributed by atoms with Crippen molar-refractivity contribution in [1.29, 1.82) is 0 Å². The number of carbonyl (C=O) groups is 2. The van der Waals surface area contributed by atoms with Crippen LogP contribution in [0.15, 0.2) is 66.7 Å². The Morgan fingerprint density at radius 3 is 2.23 bits per heavy atom. The van der Waals surface area contributed by atoms with Crippen molar-refractivity contribution in [2.75, 3.05) is 43.4 Å². The first-order valence-electron chi connectivity index (χ1n) is 12.3. The molecule has 3 aromatic carbocycles. The third kappa shape index (κ3) is 5.38. The number of nitrogens with zero attached hydrogens (tertiary/aromatic N) is 2. The summed E-state index contributed by atoms with van der Waals surface area (Å²) in [6.07, 6.45) is 2.13. The van der Waals surface area contributed by atoms with Gasteiger partial charge in [-0.25, -0.2) is 0 Å². The van der Waals surface area contributed by atoms with Gasteiger partial charge in [-0.15, -0.1) is 0 Å². The average Bonchev–Trinajstić information content (AvgIpc) is 3.69. The van der Waals surface area contributed by atoms with Crippen LogP contribution in [-0.2, 0) is 0 Å². The molecule has 6 nitrogen and oxygen atoms in total. The molecule has 0 atom stereocenters. The van der Waals surface area contributed by atoms with Crippen LogP contribution in [0.1, 0.15) is 39.1 Å². The maximum Gasteiger partial charge on any atom is 0.255 e. The zero-order chi connectivity index (χ0) is 24.4. The van der Waals surface area contributed by atoms with Crippen LogP contribution in [-0.4, -0.2) is 56.0 Å². The van der Waals surface area contributed by atoms with Crippen molar-refractivity contribution in [2.45, 2.75) is 25.8 Å². The molecule has 1 aliphatic heterocycles. The molecular weight excluding hydrogens is 436 g/mol. The second kappa shape index (κ2) is 9.92. The van der Waals surface area contributed by atoms with E-state index >= 15 is 0 Å². The van der Waals surface area contributed by atoms with E-state index in [0.717, 1.165) is 67.1 Å². The van der Waals surface area contributed by atoms with Gasteiger partial charge in [0.25, 0.3) is 11.8 Å². The molecule has 3 aromatic rings. The van der Waals surface area contributed by atoms with Gasteiger partial charge in [-0.3, -0.25) is 9.59 Å². The van der Waals surface area contributed by atoms with Gasteiger partial charge in [-0.1, -0.05) is 30.3 Å². The highest BCUT2D eigenvalue weighted by Gasteiger charge is 2.24. The van der Waals surface area contributed by atoms with E-state index in [9.17, 15) is 9.59 Å². The molecule has 1 saturated carbocycles. The molecule has 5 rings (SSSR count). The minimum Gasteiger partial charge on any atom is -0.367 e. The summed E-state index contributed by atoms with van der Waals surface area (Å²) < 4.78 is 0. The lowest BCUT2D eigenvalue weighted by Gasteiger charge is -2.35. The maximum absolute atomic E-state index is 13.1. The Kier molecular flexibility index (Phi) is 6.55. The first-order valence-corrected chi connectivity index (χ1v) is 12.3. The first kappa shape index (κ1) is 23.1. The van der Waals surface area contributed by atoms with Gasteiger partial charge >= 0.3 is 0 Å². The van der Waals surface area contributed by atoms with Gasteiger partial charge in [0.15, 0.2) is 0 Å². The van der Waals surface area contributed by atoms with Crippen LogP contribution in [0.2, 0.25) is 0 Å². The highest BCUT2D eigenvalue weighted by molar-refractivity contribution is 6.06. The topological polar surface area (TPSA) is 64.7 Å². The number of benzene rings is 3. The van der Waals surface area contributed by atoms with E-state index in [0.29, 0.717) is 17.2 Å². The van der Waals surface area contributed by atoms with Crippen molar-refractivity contribution in [3.63, 3.8) is 0 Å². The minimum atomic E-state index is -0.132. The van der Waals surface area contributed by atoms with Gasteiger partial charge in [-0.05, 0) is 79.9 Å². The summed E-state index contributed by atoms with van der Waals surface area (Å²) in [6, 6.07) is 21.7. The van der Waals surface area contributed by atoms with Crippen LogP contribution in [0.3, 0.4) is 0 Å². The molecule has 0 aromatic heterocycles. The average molecular weight is 469 g/mol. The fourth-order valence-electron chi connectivity index (χ4n) is 4.47. The van der Waals surface area contributed by atoms with Crippen molar-refractivity contribution in [3.05, 3.63) is 83.4 Å². The van der Waals surface area contributed by atoms with Crippen LogP contribution in [0.4, 0.5) is 11.4 Å². The molecule has 0 spiro atoms. The van der Waals surface area contributed by atoms with Crippen molar-refractivity contribution in [1.82, 2.24) is 10.2 Å². The highest BCUT2D eigenvalue weighted by Crippen LogP contribution is 2.29. The number of likely N-dealkylation sites (N-methyl/N-ethyl adjacent to an activating group) is 1. The third-order valence-corrected chi connectivity index (χ3v) is 6.87. The number of aryl methyl sites for hydroxylation is 1. The van der Waals surface area contributed by atoms with E-state index in [4.69, 9.17) is 0 Å². The Morgan fingerprint density at radius 2 is 1.51 bits per heavy atom. The van der Waals surface area contributed by atoms with Gasteiger partial charge in [0.2, 0.25) is 0 Å². The summed E-state index contributed by atoms with van der Waals surface area (Å²) in [5.41, 5.74) is 6.23. The molecule has 1 aliphatic carbocycles. The Balaban J connectivity index is 1.31. The van der Waals surface area contributed by atoms with Crippen LogP contribution in [0, 0.1) is 6.92 Å². The number of piperazine rings is 1. The molecule has 2 aliphatic rings. The fourth-order valence-corrected chi connectivity index (χ4v) is 4.47. The van der Waals surface area contributed by atoms with E-state index in [1.54, 1.807) is 0 Å². The van der Waals surface area contributed by atoms with Gasteiger partial charge in [0, 0.05) is 43.3 Å². The smallest absolute Gasteiger partial charge is 0.255 e. The Bertz CT molecular complexity index is 1230. The molecule has 6 heteroatoms. The number of hydrogen-bond acceptors (Lipinski definition) is 4. The lowest BCUT2D eigenvalue weighted by atomic mass is 9.97. The van der Waals surface area contributed by atoms with Gasteiger partial charge < -0.3 is 20.4 Å². The van der Waals surface area contributed by atoms with E-state index in [-0.39, 0.29) is 11.8 Å². The summed E-state index contributed by atoms with van der Waals surface area (Å²) in [7, 11) is 2.13. The standard InChI is InChI=1S/C29H32N4O2/c1-20-7-8-23(29(35)30-24-13-14-24)19-25(20)21-9-11-22(12-10-21)28(34)31-26-5-3-4-6-27(26)33-17-15-32(2)16-18-33/h3-12,19,24H,13-18H2,1-2H3,(H,30,35)(H,31,34). The SMILES string of the molecule is Cc1ccc(C(=O)NC2CC2)cc1-c1ccc(C(=O)Nc2ccccc2N2CCN(C)CC2)cc1. The minimum absolute atomic E-state index is 0.0243. The number of para-hydroxylation sites is 2. The lowest BCUT2D eigenvalue weighted by molar-refractivity contribution is 0.0950. The number of nitrogens with one attached hydrogen (secondary N) is 2. The first-order chi connectivity index (χ1) is 17.0. The zero-order valence-corrected chi connectivity index (χ0v) is 20.4. The van der Waals surface area contributed by atoms with Gasteiger partial charge in [-0.2, -0.15) is 0 Å². The largest absolute Gasteiger partial charge is 0.367 e. The molecule has 0 bridgehead atoms. The van der Waals surface area contributed by atoms with Crippen LogP contribution in [0.5, 0.6) is 0 Å². The van der Waals surface area contributed by atoms with Gasteiger partial charge in [0.05, 0.1) is 11.4 Å². The molecule has 1 saturated heterocycles. The van der Waals surface area contributed by atoms with E-state index in [1.165, 1.54) is 0 Å². The number of anilines is 2. The maximum atomic E-state index is 13.1. The molecule has 2 fully saturated rings. The molecule has 1 heterocycles. The van der Waals surface area contributed by atoms with E-state index in [2.05, 4.69) is 33.5 Å². The van der Waals surface area contributed by atoms with Crippen LogP contribution < -0.4 is 15.5 Å². The highest BCUT2D eigenvalue weighted by atomic mass is 16.2. The van der Waals surface area contributed by atoms with E-state index in [1.807, 2.05) is 67.6 Å². The zero-order valence-electron chi connectivity index (χ0n) is 20.4. The fraction of sp³-hybridized carbons (Fsp3) is 0.310. The molecule has 0 unspecified atom stereocenters. The summed E-state index contributed by atoms with van der Waals surface area (Å²) >= 11 is 0. The monoisotopic (exact) mass is 468 g/mol. The summed E-state index contributed by atoms with van der Waals surface area (Å²) in [5, 5.41) is 6.16. The Morgan fingerprint density at radius 1 is 0.829 bits per heavy atom. The Hall–Kier alpha value is -3.64.